The van der Waals surface area contributed by atoms with Crippen molar-refractivity contribution in [3.63, 3.8) is 0 Å². The molecule has 0 aromatic carbocycles. The standard InChI is InChI=1S/C16H26N4O/c1-14(2)16(21)18-6-3-9-19-10-12-20(13-11-19)15-4-7-17-8-5-15/h4-5,7-8,14H,3,6,9-13H2,1-2H3,(H,18,21). The minimum atomic E-state index is 0.0777. The van der Waals surface area contributed by atoms with E-state index in [9.17, 15) is 4.79 Å². The molecule has 0 unspecified atom stereocenters. The fourth-order valence-corrected chi connectivity index (χ4v) is 2.50. The molecule has 0 saturated carbocycles. The summed E-state index contributed by atoms with van der Waals surface area (Å²) in [6.45, 7) is 9.97. The van der Waals surface area contributed by atoms with Crippen molar-refractivity contribution in [3.8, 4) is 0 Å². The number of piperazine rings is 1. The summed E-state index contributed by atoms with van der Waals surface area (Å²) in [5.74, 6) is 0.228. The van der Waals surface area contributed by atoms with Gasteiger partial charge in [0.2, 0.25) is 5.91 Å². The zero-order valence-electron chi connectivity index (χ0n) is 13.1. The molecule has 1 aromatic heterocycles. The molecule has 5 nitrogen and oxygen atoms in total. The Hall–Kier alpha value is -1.62. The van der Waals surface area contributed by atoms with Crippen molar-refractivity contribution in [1.29, 1.82) is 0 Å². The average Bonchev–Trinajstić information content (AvgIpc) is 2.52. The number of aromatic nitrogens is 1. The van der Waals surface area contributed by atoms with Crippen LogP contribution in [0.1, 0.15) is 20.3 Å². The molecular formula is C16H26N4O. The average molecular weight is 290 g/mol. The first-order chi connectivity index (χ1) is 10.2. The van der Waals surface area contributed by atoms with Crippen LogP contribution in [-0.2, 0) is 4.79 Å². The van der Waals surface area contributed by atoms with Gasteiger partial charge in [-0.25, -0.2) is 0 Å². The first kappa shape index (κ1) is 15.8. The highest BCUT2D eigenvalue weighted by atomic mass is 16.1. The lowest BCUT2D eigenvalue weighted by Crippen LogP contribution is -2.47. The van der Waals surface area contributed by atoms with Gasteiger partial charge in [0.1, 0.15) is 0 Å². The van der Waals surface area contributed by atoms with Crippen LogP contribution in [0.2, 0.25) is 0 Å². The lowest BCUT2D eigenvalue weighted by Gasteiger charge is -2.36. The third-order valence-corrected chi connectivity index (χ3v) is 3.87. The van der Waals surface area contributed by atoms with E-state index in [-0.39, 0.29) is 11.8 Å². The topological polar surface area (TPSA) is 48.5 Å². The first-order valence-corrected chi connectivity index (χ1v) is 7.82. The summed E-state index contributed by atoms with van der Waals surface area (Å²) in [5, 5.41) is 2.97. The maximum atomic E-state index is 11.5. The minimum absolute atomic E-state index is 0.0777. The van der Waals surface area contributed by atoms with Gasteiger partial charge in [0.15, 0.2) is 0 Å². The molecule has 1 fully saturated rings. The molecule has 1 amide bonds. The number of anilines is 1. The van der Waals surface area contributed by atoms with Crippen LogP contribution in [0.3, 0.4) is 0 Å². The number of nitrogens with one attached hydrogen (secondary N) is 1. The highest BCUT2D eigenvalue weighted by Gasteiger charge is 2.16. The number of rotatable bonds is 6. The van der Waals surface area contributed by atoms with E-state index in [1.807, 2.05) is 26.2 Å². The molecule has 1 aliphatic rings. The van der Waals surface area contributed by atoms with Crippen molar-refractivity contribution in [3.05, 3.63) is 24.5 Å². The number of carbonyl (C=O) groups is 1. The van der Waals surface area contributed by atoms with Gasteiger partial charge in [-0.1, -0.05) is 13.8 Å². The summed E-state index contributed by atoms with van der Waals surface area (Å²) < 4.78 is 0. The van der Waals surface area contributed by atoms with Crippen molar-refractivity contribution in [2.24, 2.45) is 5.92 Å². The number of pyridine rings is 1. The number of amides is 1. The Balaban J connectivity index is 1.62. The minimum Gasteiger partial charge on any atom is -0.369 e. The maximum absolute atomic E-state index is 11.5. The van der Waals surface area contributed by atoms with E-state index in [0.717, 1.165) is 45.7 Å². The lowest BCUT2D eigenvalue weighted by atomic mass is 10.2. The van der Waals surface area contributed by atoms with Crippen molar-refractivity contribution in [2.45, 2.75) is 20.3 Å². The van der Waals surface area contributed by atoms with Crippen LogP contribution in [0.4, 0.5) is 5.69 Å². The van der Waals surface area contributed by atoms with Crippen LogP contribution in [0.25, 0.3) is 0 Å². The van der Waals surface area contributed by atoms with Gasteiger partial charge in [-0.05, 0) is 25.1 Å². The summed E-state index contributed by atoms with van der Waals surface area (Å²) in [7, 11) is 0. The molecule has 5 heteroatoms. The predicted molar refractivity (Wildman–Crippen MR) is 85.4 cm³/mol. The quantitative estimate of drug-likeness (QED) is 0.804. The van der Waals surface area contributed by atoms with E-state index in [1.54, 1.807) is 0 Å². The van der Waals surface area contributed by atoms with Crippen LogP contribution in [0.15, 0.2) is 24.5 Å². The second-order valence-electron chi connectivity index (χ2n) is 5.83. The zero-order valence-corrected chi connectivity index (χ0v) is 13.1. The SMILES string of the molecule is CC(C)C(=O)NCCCN1CCN(c2ccncc2)CC1. The second-order valence-corrected chi connectivity index (χ2v) is 5.83. The van der Waals surface area contributed by atoms with Gasteiger partial charge in [-0.2, -0.15) is 0 Å². The predicted octanol–water partition coefficient (Wildman–Crippen LogP) is 1.37. The molecule has 2 heterocycles. The van der Waals surface area contributed by atoms with E-state index in [4.69, 9.17) is 0 Å². The van der Waals surface area contributed by atoms with Crippen molar-refractivity contribution < 1.29 is 4.79 Å². The number of hydrogen-bond donors (Lipinski definition) is 1. The molecule has 1 aromatic rings. The summed E-state index contributed by atoms with van der Waals surface area (Å²) in [6, 6.07) is 4.13. The molecule has 2 rings (SSSR count). The van der Waals surface area contributed by atoms with Gasteiger partial charge in [0, 0.05) is 56.7 Å². The third kappa shape index (κ3) is 5.01. The highest BCUT2D eigenvalue weighted by molar-refractivity contribution is 5.77. The summed E-state index contributed by atoms with van der Waals surface area (Å²) in [6.07, 6.45) is 4.71. The van der Waals surface area contributed by atoms with Crippen LogP contribution in [-0.4, -0.2) is 55.1 Å². The largest absolute Gasteiger partial charge is 0.369 e. The molecule has 0 aliphatic carbocycles. The van der Waals surface area contributed by atoms with Gasteiger partial charge in [-0.3, -0.25) is 14.7 Å². The smallest absolute Gasteiger partial charge is 0.222 e. The van der Waals surface area contributed by atoms with Crippen LogP contribution < -0.4 is 10.2 Å². The molecule has 0 atom stereocenters. The fraction of sp³-hybridized carbons (Fsp3) is 0.625. The van der Waals surface area contributed by atoms with Crippen molar-refractivity contribution in [1.82, 2.24) is 15.2 Å². The number of carbonyl (C=O) groups excluding carboxylic acids is 1. The van der Waals surface area contributed by atoms with Crippen LogP contribution in [0.5, 0.6) is 0 Å². The van der Waals surface area contributed by atoms with Gasteiger partial charge in [0.05, 0.1) is 0 Å². The fourth-order valence-electron chi connectivity index (χ4n) is 2.50. The molecule has 1 aliphatic heterocycles. The van der Waals surface area contributed by atoms with Crippen LogP contribution >= 0.6 is 0 Å². The molecule has 1 N–H and O–H groups in total. The van der Waals surface area contributed by atoms with Crippen LogP contribution in [0, 0.1) is 5.92 Å². The van der Waals surface area contributed by atoms with Gasteiger partial charge in [-0.15, -0.1) is 0 Å². The normalized spacial score (nSPS) is 16.2. The van der Waals surface area contributed by atoms with Gasteiger partial charge >= 0.3 is 0 Å². The zero-order chi connectivity index (χ0) is 15.1. The van der Waals surface area contributed by atoms with Crippen molar-refractivity contribution in [2.75, 3.05) is 44.2 Å². The van der Waals surface area contributed by atoms with E-state index in [1.165, 1.54) is 5.69 Å². The van der Waals surface area contributed by atoms with Gasteiger partial charge < -0.3 is 10.2 Å². The number of nitrogens with zero attached hydrogens (tertiary/aromatic N) is 3. The Bertz CT molecular complexity index is 427. The Morgan fingerprint density at radius 1 is 1.24 bits per heavy atom. The van der Waals surface area contributed by atoms with E-state index >= 15 is 0 Å². The summed E-state index contributed by atoms with van der Waals surface area (Å²) in [4.78, 5) is 20.4. The Morgan fingerprint density at radius 2 is 1.90 bits per heavy atom. The summed E-state index contributed by atoms with van der Waals surface area (Å²) >= 11 is 0. The van der Waals surface area contributed by atoms with E-state index in [2.05, 4.69) is 32.2 Å². The lowest BCUT2D eigenvalue weighted by molar-refractivity contribution is -0.123. The second kappa shape index (κ2) is 7.98. The molecule has 0 bridgehead atoms. The van der Waals surface area contributed by atoms with Crippen molar-refractivity contribution >= 4 is 11.6 Å². The molecule has 1 saturated heterocycles. The molecule has 21 heavy (non-hydrogen) atoms. The maximum Gasteiger partial charge on any atom is 0.222 e. The van der Waals surface area contributed by atoms with E-state index < -0.39 is 0 Å². The monoisotopic (exact) mass is 290 g/mol. The molecule has 0 radical (unpaired) electrons. The number of hydrogen-bond acceptors (Lipinski definition) is 4. The van der Waals surface area contributed by atoms with E-state index in [0.29, 0.717) is 0 Å². The molecule has 116 valence electrons. The Labute approximate surface area is 127 Å². The van der Waals surface area contributed by atoms with Gasteiger partial charge in [0.25, 0.3) is 0 Å². The molecule has 0 spiro atoms. The third-order valence-electron chi connectivity index (χ3n) is 3.87. The summed E-state index contributed by atoms with van der Waals surface area (Å²) in [5.41, 5.74) is 1.26. The highest BCUT2D eigenvalue weighted by Crippen LogP contribution is 2.14. The Morgan fingerprint density at radius 3 is 2.52 bits per heavy atom. The first-order valence-electron chi connectivity index (χ1n) is 7.82. The molecular weight excluding hydrogens is 264 g/mol. The Kier molecular flexibility index (Phi) is 5.99.